The Hall–Kier alpha value is -1.33. The highest BCUT2D eigenvalue weighted by Crippen LogP contribution is 2.30. The van der Waals surface area contributed by atoms with E-state index in [9.17, 15) is 8.42 Å². The highest BCUT2D eigenvalue weighted by Gasteiger charge is 2.26. The second-order valence-corrected chi connectivity index (χ2v) is 8.48. The number of rotatable bonds is 7. The van der Waals surface area contributed by atoms with Crippen molar-refractivity contribution in [3.63, 3.8) is 0 Å². The monoisotopic (exact) mass is 396 g/mol. The minimum Gasteiger partial charge on any atom is -0.496 e. The van der Waals surface area contributed by atoms with Gasteiger partial charge in [0.05, 0.1) is 21.7 Å². The Labute approximate surface area is 146 Å². The smallest absolute Gasteiger partial charge is 0.181 e. The molecule has 0 aliphatic carbocycles. The molecule has 124 valence electrons. The van der Waals surface area contributed by atoms with Crippen molar-refractivity contribution in [2.45, 2.75) is 36.3 Å². The summed E-state index contributed by atoms with van der Waals surface area (Å²) in [6.45, 7) is 1.92. The standard InChI is InChI=1S/C18H21BrO3S/c1-3-15(10-9-14-7-5-4-6-8-14)23(20,21)16-11-12-18(22-2)17(19)13-16/h4-8,11-13,15H,3,9-10H2,1-2H3. The predicted octanol–water partition coefficient (Wildman–Crippen LogP) is 4.64. The van der Waals surface area contributed by atoms with Crippen LogP contribution in [0.2, 0.25) is 0 Å². The molecule has 0 radical (unpaired) electrons. The van der Waals surface area contributed by atoms with Gasteiger partial charge < -0.3 is 4.74 Å². The van der Waals surface area contributed by atoms with Gasteiger partial charge in [0, 0.05) is 0 Å². The van der Waals surface area contributed by atoms with Crippen LogP contribution in [0.25, 0.3) is 0 Å². The third-order valence-electron chi connectivity index (χ3n) is 3.94. The van der Waals surface area contributed by atoms with E-state index in [1.54, 1.807) is 25.3 Å². The van der Waals surface area contributed by atoms with Crippen LogP contribution in [-0.2, 0) is 16.3 Å². The van der Waals surface area contributed by atoms with E-state index in [-0.39, 0.29) is 5.25 Å². The molecule has 1 atom stereocenters. The maximum Gasteiger partial charge on any atom is 0.181 e. The summed E-state index contributed by atoms with van der Waals surface area (Å²) in [5.74, 6) is 0.626. The zero-order chi connectivity index (χ0) is 16.9. The van der Waals surface area contributed by atoms with E-state index in [1.807, 2.05) is 37.3 Å². The second kappa shape index (κ2) is 7.97. The SMILES string of the molecule is CCC(CCc1ccccc1)S(=O)(=O)c1ccc(OC)c(Br)c1. The molecular formula is C18H21BrO3S. The Morgan fingerprint density at radius 3 is 2.39 bits per heavy atom. The lowest BCUT2D eigenvalue weighted by atomic mass is 10.1. The van der Waals surface area contributed by atoms with E-state index in [1.165, 1.54) is 0 Å². The first-order valence-corrected chi connectivity index (χ1v) is 9.94. The number of ether oxygens (including phenoxy) is 1. The minimum absolute atomic E-state index is 0.338. The maximum atomic E-state index is 12.9. The molecular weight excluding hydrogens is 376 g/mol. The van der Waals surface area contributed by atoms with Gasteiger partial charge in [-0.1, -0.05) is 37.3 Å². The fourth-order valence-corrected chi connectivity index (χ4v) is 5.05. The first-order valence-electron chi connectivity index (χ1n) is 7.60. The average Bonchev–Trinajstić information content (AvgIpc) is 2.56. The summed E-state index contributed by atoms with van der Waals surface area (Å²) in [7, 11) is -1.80. The van der Waals surface area contributed by atoms with Gasteiger partial charge in [0.2, 0.25) is 0 Å². The molecule has 2 aromatic rings. The van der Waals surface area contributed by atoms with Crippen molar-refractivity contribution in [3.8, 4) is 5.75 Å². The van der Waals surface area contributed by atoms with Gasteiger partial charge in [-0.3, -0.25) is 0 Å². The quantitative estimate of drug-likeness (QED) is 0.684. The number of hydrogen-bond acceptors (Lipinski definition) is 3. The number of sulfone groups is 1. The Morgan fingerprint density at radius 1 is 1.13 bits per heavy atom. The number of benzene rings is 2. The molecule has 0 saturated carbocycles. The Bertz CT molecular complexity index is 742. The lowest BCUT2D eigenvalue weighted by molar-refractivity contribution is 0.411. The van der Waals surface area contributed by atoms with Crippen LogP contribution in [0, 0.1) is 0 Å². The van der Waals surface area contributed by atoms with Gasteiger partial charge in [-0.2, -0.15) is 0 Å². The van der Waals surface area contributed by atoms with Crippen LogP contribution < -0.4 is 4.74 Å². The van der Waals surface area contributed by atoms with Crippen LogP contribution in [0.3, 0.4) is 0 Å². The zero-order valence-electron chi connectivity index (χ0n) is 13.3. The maximum absolute atomic E-state index is 12.9. The lowest BCUT2D eigenvalue weighted by Gasteiger charge is -2.17. The molecule has 0 aromatic heterocycles. The highest BCUT2D eigenvalue weighted by molar-refractivity contribution is 9.10. The molecule has 0 saturated heterocycles. The van der Waals surface area contributed by atoms with Gasteiger partial charge in [0.15, 0.2) is 9.84 Å². The first kappa shape index (κ1) is 18.0. The predicted molar refractivity (Wildman–Crippen MR) is 96.7 cm³/mol. The number of hydrogen-bond donors (Lipinski definition) is 0. The summed E-state index contributed by atoms with van der Waals surface area (Å²) in [6, 6.07) is 14.9. The summed E-state index contributed by atoms with van der Waals surface area (Å²) < 4.78 is 31.6. The molecule has 2 aromatic carbocycles. The van der Waals surface area contributed by atoms with E-state index in [4.69, 9.17) is 4.74 Å². The average molecular weight is 397 g/mol. The summed E-state index contributed by atoms with van der Waals surface area (Å²) in [4.78, 5) is 0.338. The topological polar surface area (TPSA) is 43.4 Å². The van der Waals surface area contributed by atoms with Crippen LogP contribution >= 0.6 is 15.9 Å². The van der Waals surface area contributed by atoms with Gasteiger partial charge in [-0.15, -0.1) is 0 Å². The minimum atomic E-state index is -3.35. The molecule has 0 amide bonds. The summed E-state index contributed by atoms with van der Waals surface area (Å²) in [5.41, 5.74) is 1.16. The van der Waals surface area contributed by atoms with Gasteiger partial charge in [0.1, 0.15) is 5.75 Å². The van der Waals surface area contributed by atoms with Crippen molar-refractivity contribution in [1.82, 2.24) is 0 Å². The molecule has 0 heterocycles. The molecule has 0 fully saturated rings. The van der Waals surface area contributed by atoms with Crippen LogP contribution in [0.1, 0.15) is 25.3 Å². The van der Waals surface area contributed by atoms with Crippen molar-refractivity contribution in [1.29, 1.82) is 0 Å². The third kappa shape index (κ3) is 4.36. The molecule has 3 nitrogen and oxygen atoms in total. The van der Waals surface area contributed by atoms with Gasteiger partial charge in [0.25, 0.3) is 0 Å². The molecule has 23 heavy (non-hydrogen) atoms. The number of halogens is 1. The molecule has 0 bridgehead atoms. The highest BCUT2D eigenvalue weighted by atomic mass is 79.9. The van der Waals surface area contributed by atoms with Crippen molar-refractivity contribution >= 4 is 25.8 Å². The van der Waals surface area contributed by atoms with Crippen molar-refractivity contribution in [2.75, 3.05) is 7.11 Å². The second-order valence-electron chi connectivity index (χ2n) is 5.40. The summed E-state index contributed by atoms with van der Waals surface area (Å²) in [6.07, 6.45) is 1.97. The van der Waals surface area contributed by atoms with Crippen LogP contribution in [-0.4, -0.2) is 20.8 Å². The molecule has 1 unspecified atom stereocenters. The number of aryl methyl sites for hydroxylation is 1. The van der Waals surface area contributed by atoms with Crippen molar-refractivity contribution in [2.24, 2.45) is 0 Å². The lowest BCUT2D eigenvalue weighted by Crippen LogP contribution is -2.21. The molecule has 2 rings (SSSR count). The van der Waals surface area contributed by atoms with E-state index in [0.29, 0.717) is 28.0 Å². The Kier molecular flexibility index (Phi) is 6.25. The Balaban J connectivity index is 2.20. The fourth-order valence-electron chi connectivity index (χ4n) is 2.57. The first-order chi connectivity index (χ1) is 11.0. The van der Waals surface area contributed by atoms with Crippen LogP contribution in [0.4, 0.5) is 0 Å². The van der Waals surface area contributed by atoms with E-state index < -0.39 is 9.84 Å². The van der Waals surface area contributed by atoms with Crippen molar-refractivity contribution in [3.05, 3.63) is 58.6 Å². The molecule has 0 N–H and O–H groups in total. The molecule has 0 aliphatic rings. The van der Waals surface area contributed by atoms with E-state index >= 15 is 0 Å². The van der Waals surface area contributed by atoms with Crippen molar-refractivity contribution < 1.29 is 13.2 Å². The molecule has 0 spiro atoms. The molecule has 0 aliphatic heterocycles. The fraction of sp³-hybridized carbons (Fsp3) is 0.333. The van der Waals surface area contributed by atoms with E-state index in [2.05, 4.69) is 15.9 Å². The normalized spacial score (nSPS) is 12.8. The van der Waals surface area contributed by atoms with Crippen LogP contribution in [0.5, 0.6) is 5.75 Å². The largest absolute Gasteiger partial charge is 0.496 e. The van der Waals surface area contributed by atoms with E-state index in [0.717, 1.165) is 12.0 Å². The summed E-state index contributed by atoms with van der Waals surface area (Å²) in [5, 5.41) is -0.386. The van der Waals surface area contributed by atoms with Crippen LogP contribution in [0.15, 0.2) is 57.9 Å². The third-order valence-corrected chi connectivity index (χ3v) is 6.92. The number of methoxy groups -OCH3 is 1. The summed E-state index contributed by atoms with van der Waals surface area (Å²) >= 11 is 3.36. The van der Waals surface area contributed by atoms with Gasteiger partial charge in [-0.25, -0.2) is 8.42 Å². The van der Waals surface area contributed by atoms with Gasteiger partial charge >= 0.3 is 0 Å². The molecule has 5 heteroatoms. The zero-order valence-corrected chi connectivity index (χ0v) is 15.7. The van der Waals surface area contributed by atoms with Gasteiger partial charge in [-0.05, 0) is 59.0 Å². The Morgan fingerprint density at radius 2 is 1.83 bits per heavy atom.